The lowest BCUT2D eigenvalue weighted by Crippen LogP contribution is -2.59. The number of carboxylic acid groups (broad SMARTS) is 1. The Morgan fingerprint density at radius 3 is 2.19 bits per heavy atom. The molecule has 0 bridgehead atoms. The van der Waals surface area contributed by atoms with E-state index in [4.69, 9.17) is 10.8 Å². The highest BCUT2D eigenvalue weighted by Gasteiger charge is 2.32. The maximum Gasteiger partial charge on any atom is 0.325 e. The molecule has 1 rings (SSSR count). The third-order valence-electron chi connectivity index (χ3n) is 5.16. The van der Waals surface area contributed by atoms with E-state index in [-0.39, 0.29) is 18.3 Å². The standard InChI is InChI=1S/C20H34N6O5/c1-6-11(4)16(19(29)24-12(5)20(30)31)26-17(27)14(7-13-8-22-9-23-13)25-18(28)15(21)10(2)3/h8-12,14-16H,6-7,21H2,1-5H3,(H,22,23)(H,24,29)(H,25,28)(H,26,27)(H,30,31). The second kappa shape index (κ2) is 12.0. The van der Waals surface area contributed by atoms with Crippen LogP contribution < -0.4 is 21.7 Å². The number of hydrogen-bond acceptors (Lipinski definition) is 6. The largest absolute Gasteiger partial charge is 0.480 e. The van der Waals surface area contributed by atoms with E-state index in [0.717, 1.165) is 0 Å². The van der Waals surface area contributed by atoms with Crippen molar-refractivity contribution in [3.63, 3.8) is 0 Å². The predicted octanol–water partition coefficient (Wildman–Crippen LogP) is -0.459. The predicted molar refractivity (Wildman–Crippen MR) is 114 cm³/mol. The SMILES string of the molecule is CCC(C)C(NC(=O)C(Cc1cnc[nH]1)NC(=O)C(N)C(C)C)C(=O)NC(C)C(=O)O. The van der Waals surface area contributed by atoms with E-state index in [1.165, 1.54) is 19.4 Å². The average molecular weight is 439 g/mol. The number of nitrogens with zero attached hydrogens (tertiary/aromatic N) is 1. The summed E-state index contributed by atoms with van der Waals surface area (Å²) in [4.78, 5) is 56.0. The number of rotatable bonds is 12. The zero-order valence-electron chi connectivity index (χ0n) is 18.6. The third kappa shape index (κ3) is 8.00. The number of aromatic amines is 1. The first kappa shape index (κ1) is 26.1. The van der Waals surface area contributed by atoms with Gasteiger partial charge in [-0.3, -0.25) is 19.2 Å². The minimum Gasteiger partial charge on any atom is -0.480 e. The number of carbonyl (C=O) groups excluding carboxylic acids is 3. The summed E-state index contributed by atoms with van der Waals surface area (Å²) in [6.45, 7) is 8.54. The normalized spacial score (nSPS) is 16.0. The van der Waals surface area contributed by atoms with Gasteiger partial charge >= 0.3 is 5.97 Å². The molecule has 0 aliphatic rings. The van der Waals surface area contributed by atoms with Crippen molar-refractivity contribution in [2.45, 2.75) is 71.6 Å². The lowest BCUT2D eigenvalue weighted by molar-refractivity contribution is -0.142. The molecule has 7 N–H and O–H groups in total. The first-order valence-electron chi connectivity index (χ1n) is 10.3. The molecule has 0 spiro atoms. The molecule has 1 aromatic heterocycles. The Labute approximate surface area is 181 Å². The number of carboxylic acids is 1. The first-order chi connectivity index (χ1) is 14.5. The molecule has 3 amide bonds. The Kier molecular flexibility index (Phi) is 10.1. The fourth-order valence-electron chi connectivity index (χ4n) is 2.72. The van der Waals surface area contributed by atoms with Crippen LogP contribution in [0.2, 0.25) is 0 Å². The molecule has 5 atom stereocenters. The monoisotopic (exact) mass is 438 g/mol. The fourth-order valence-corrected chi connectivity index (χ4v) is 2.72. The van der Waals surface area contributed by atoms with E-state index < -0.39 is 47.9 Å². The number of aliphatic carboxylic acids is 1. The zero-order chi connectivity index (χ0) is 23.7. The van der Waals surface area contributed by atoms with Crippen LogP contribution in [0.4, 0.5) is 0 Å². The Hall–Kier alpha value is -2.95. The molecule has 1 heterocycles. The van der Waals surface area contributed by atoms with Gasteiger partial charge in [-0.1, -0.05) is 34.1 Å². The van der Waals surface area contributed by atoms with Crippen molar-refractivity contribution in [2.75, 3.05) is 0 Å². The van der Waals surface area contributed by atoms with Crippen LogP contribution in [-0.4, -0.2) is 62.9 Å². The van der Waals surface area contributed by atoms with Gasteiger partial charge < -0.3 is 31.8 Å². The summed E-state index contributed by atoms with van der Waals surface area (Å²) < 4.78 is 0. The molecule has 31 heavy (non-hydrogen) atoms. The molecule has 0 aliphatic carbocycles. The van der Waals surface area contributed by atoms with E-state index in [9.17, 15) is 19.2 Å². The van der Waals surface area contributed by atoms with E-state index in [2.05, 4.69) is 25.9 Å². The van der Waals surface area contributed by atoms with Crippen LogP contribution in [0.25, 0.3) is 0 Å². The number of hydrogen-bond donors (Lipinski definition) is 6. The van der Waals surface area contributed by atoms with E-state index in [1.54, 1.807) is 20.8 Å². The maximum atomic E-state index is 13.1. The van der Waals surface area contributed by atoms with Gasteiger partial charge in [0.2, 0.25) is 17.7 Å². The van der Waals surface area contributed by atoms with Crippen molar-refractivity contribution in [1.29, 1.82) is 0 Å². The molecule has 0 radical (unpaired) electrons. The van der Waals surface area contributed by atoms with Gasteiger partial charge in [0, 0.05) is 18.3 Å². The summed E-state index contributed by atoms with van der Waals surface area (Å²) in [7, 11) is 0. The molecule has 0 saturated carbocycles. The highest BCUT2D eigenvalue weighted by atomic mass is 16.4. The van der Waals surface area contributed by atoms with Crippen LogP contribution in [0.5, 0.6) is 0 Å². The number of carbonyl (C=O) groups is 4. The molecule has 1 aromatic rings. The van der Waals surface area contributed by atoms with Crippen LogP contribution in [0.3, 0.4) is 0 Å². The summed E-state index contributed by atoms with van der Waals surface area (Å²) in [6, 6.07) is -3.89. The van der Waals surface area contributed by atoms with Crippen LogP contribution in [-0.2, 0) is 25.6 Å². The smallest absolute Gasteiger partial charge is 0.325 e. The minimum atomic E-state index is -1.19. The molecule has 0 saturated heterocycles. The molecule has 11 heteroatoms. The molecular weight excluding hydrogens is 404 g/mol. The number of H-pyrrole nitrogens is 1. The van der Waals surface area contributed by atoms with E-state index in [1.807, 2.05) is 6.92 Å². The topological polar surface area (TPSA) is 179 Å². The van der Waals surface area contributed by atoms with E-state index >= 15 is 0 Å². The van der Waals surface area contributed by atoms with Crippen molar-refractivity contribution in [3.05, 3.63) is 18.2 Å². The third-order valence-corrected chi connectivity index (χ3v) is 5.16. The number of aromatic nitrogens is 2. The van der Waals surface area contributed by atoms with Crippen molar-refractivity contribution in [2.24, 2.45) is 17.6 Å². The lowest BCUT2D eigenvalue weighted by atomic mass is 9.97. The number of nitrogens with two attached hydrogens (primary N) is 1. The van der Waals surface area contributed by atoms with Gasteiger partial charge in [0.15, 0.2) is 0 Å². The number of amides is 3. The van der Waals surface area contributed by atoms with Crippen LogP contribution in [0.1, 0.15) is 46.7 Å². The van der Waals surface area contributed by atoms with Crippen molar-refractivity contribution >= 4 is 23.7 Å². The summed E-state index contributed by atoms with van der Waals surface area (Å²) in [5.74, 6) is -3.27. The summed E-state index contributed by atoms with van der Waals surface area (Å²) in [5.41, 5.74) is 6.51. The maximum absolute atomic E-state index is 13.1. The van der Waals surface area contributed by atoms with Gasteiger partial charge in [-0.15, -0.1) is 0 Å². The highest BCUT2D eigenvalue weighted by Crippen LogP contribution is 2.10. The average Bonchev–Trinajstić information content (AvgIpc) is 3.22. The van der Waals surface area contributed by atoms with Gasteiger partial charge in [0.1, 0.15) is 18.1 Å². The summed E-state index contributed by atoms with van der Waals surface area (Å²) in [5, 5.41) is 16.7. The fraction of sp³-hybridized carbons (Fsp3) is 0.650. The van der Waals surface area contributed by atoms with Gasteiger partial charge in [0.25, 0.3) is 0 Å². The number of nitrogens with one attached hydrogen (secondary N) is 4. The first-order valence-corrected chi connectivity index (χ1v) is 10.3. The van der Waals surface area contributed by atoms with Gasteiger partial charge in [-0.05, 0) is 18.8 Å². The van der Waals surface area contributed by atoms with Crippen molar-refractivity contribution in [1.82, 2.24) is 25.9 Å². The van der Waals surface area contributed by atoms with Gasteiger partial charge in [-0.2, -0.15) is 0 Å². The Bertz CT molecular complexity index is 751. The molecule has 5 unspecified atom stereocenters. The highest BCUT2D eigenvalue weighted by molar-refractivity contribution is 5.94. The molecule has 0 aromatic carbocycles. The van der Waals surface area contributed by atoms with Crippen molar-refractivity contribution < 1.29 is 24.3 Å². The Morgan fingerprint density at radius 2 is 1.71 bits per heavy atom. The lowest BCUT2D eigenvalue weighted by Gasteiger charge is -2.27. The van der Waals surface area contributed by atoms with Crippen LogP contribution in [0, 0.1) is 11.8 Å². The quantitative estimate of drug-likeness (QED) is 0.255. The van der Waals surface area contributed by atoms with Crippen molar-refractivity contribution in [3.8, 4) is 0 Å². The summed E-state index contributed by atoms with van der Waals surface area (Å²) in [6.07, 6.45) is 3.66. The Morgan fingerprint density at radius 1 is 1.06 bits per heavy atom. The molecule has 11 nitrogen and oxygen atoms in total. The van der Waals surface area contributed by atoms with E-state index in [0.29, 0.717) is 12.1 Å². The molecule has 0 fully saturated rings. The van der Waals surface area contributed by atoms with Gasteiger partial charge in [-0.25, -0.2) is 4.98 Å². The molecule has 174 valence electrons. The minimum absolute atomic E-state index is 0.114. The second-order valence-corrected chi connectivity index (χ2v) is 8.05. The zero-order valence-corrected chi connectivity index (χ0v) is 18.6. The summed E-state index contributed by atoms with van der Waals surface area (Å²) >= 11 is 0. The molecule has 0 aliphatic heterocycles. The Balaban J connectivity index is 3.03. The van der Waals surface area contributed by atoms with Crippen LogP contribution >= 0.6 is 0 Å². The second-order valence-electron chi connectivity index (χ2n) is 8.05. The van der Waals surface area contributed by atoms with Gasteiger partial charge in [0.05, 0.1) is 12.4 Å². The molecular formula is C20H34N6O5. The van der Waals surface area contributed by atoms with Crippen LogP contribution in [0.15, 0.2) is 12.5 Å². The number of imidazole rings is 1.